The lowest BCUT2D eigenvalue weighted by Gasteiger charge is -2.13. The van der Waals surface area contributed by atoms with Crippen LogP contribution in [-0.2, 0) is 16.0 Å². The number of hydrogen-bond donors (Lipinski definition) is 3. The van der Waals surface area contributed by atoms with Gasteiger partial charge in [0.1, 0.15) is 11.8 Å². The number of hydrogen-bond acceptors (Lipinski definition) is 4. The average Bonchev–Trinajstić information content (AvgIpc) is 2.45. The summed E-state index contributed by atoms with van der Waals surface area (Å²) in [6.07, 6.45) is 0.715. The van der Waals surface area contributed by atoms with E-state index in [0.29, 0.717) is 6.42 Å². The molecule has 0 radical (unpaired) electrons. The first-order chi connectivity index (χ1) is 9.56. The van der Waals surface area contributed by atoms with Gasteiger partial charge >= 0.3 is 5.97 Å². The molecule has 0 aliphatic heterocycles. The molecule has 1 atom stereocenters. The molecule has 20 heavy (non-hydrogen) atoms. The van der Waals surface area contributed by atoms with Crippen LogP contribution in [0.1, 0.15) is 18.4 Å². The number of rotatable bonds is 8. The number of aliphatic hydroxyl groups excluding tert-OH is 1. The van der Waals surface area contributed by atoms with Crippen molar-refractivity contribution in [3.63, 3.8) is 0 Å². The van der Waals surface area contributed by atoms with Crippen LogP contribution >= 0.6 is 0 Å². The van der Waals surface area contributed by atoms with Crippen molar-refractivity contribution in [3.05, 3.63) is 29.8 Å². The van der Waals surface area contributed by atoms with Crippen molar-refractivity contribution < 1.29 is 24.5 Å². The maximum Gasteiger partial charge on any atom is 0.326 e. The minimum absolute atomic E-state index is 0.00358. The van der Waals surface area contributed by atoms with Crippen molar-refractivity contribution in [3.8, 4) is 5.75 Å². The lowest BCUT2D eigenvalue weighted by Crippen LogP contribution is -2.41. The number of aliphatic carboxylic acids is 1. The van der Waals surface area contributed by atoms with Crippen molar-refractivity contribution in [1.82, 2.24) is 5.32 Å². The fourth-order valence-electron chi connectivity index (χ4n) is 1.70. The zero-order valence-corrected chi connectivity index (χ0v) is 11.3. The second kappa shape index (κ2) is 8.16. The van der Waals surface area contributed by atoms with Gasteiger partial charge in [-0.1, -0.05) is 12.1 Å². The smallest absolute Gasteiger partial charge is 0.326 e. The minimum atomic E-state index is -1.14. The van der Waals surface area contributed by atoms with Gasteiger partial charge in [-0.25, -0.2) is 4.79 Å². The van der Waals surface area contributed by atoms with Gasteiger partial charge in [0.05, 0.1) is 7.11 Å². The van der Waals surface area contributed by atoms with Crippen LogP contribution in [0.15, 0.2) is 24.3 Å². The van der Waals surface area contributed by atoms with Crippen LogP contribution in [0.25, 0.3) is 0 Å². The molecule has 1 aromatic rings. The van der Waals surface area contributed by atoms with Gasteiger partial charge in [0.15, 0.2) is 0 Å². The number of ether oxygens (including phenoxy) is 1. The Morgan fingerprint density at radius 2 is 1.95 bits per heavy atom. The summed E-state index contributed by atoms with van der Waals surface area (Å²) < 4.78 is 5.03. The molecule has 0 fully saturated rings. The molecule has 3 N–H and O–H groups in total. The number of carbonyl (C=O) groups excluding carboxylic acids is 1. The van der Waals surface area contributed by atoms with Gasteiger partial charge < -0.3 is 20.3 Å². The van der Waals surface area contributed by atoms with Gasteiger partial charge in [0.2, 0.25) is 5.91 Å². The monoisotopic (exact) mass is 281 g/mol. The van der Waals surface area contributed by atoms with Crippen LogP contribution in [0.5, 0.6) is 5.75 Å². The fraction of sp³-hybridized carbons (Fsp3) is 0.429. The van der Waals surface area contributed by atoms with Gasteiger partial charge in [-0.2, -0.15) is 0 Å². The molecular formula is C14H19NO5. The minimum Gasteiger partial charge on any atom is -0.497 e. The lowest BCUT2D eigenvalue weighted by molar-refractivity contribution is -0.142. The molecule has 1 aromatic carbocycles. The van der Waals surface area contributed by atoms with Crippen molar-refractivity contribution in [2.45, 2.75) is 25.3 Å². The molecule has 0 saturated heterocycles. The normalized spacial score (nSPS) is 11.7. The van der Waals surface area contributed by atoms with E-state index in [4.69, 9.17) is 14.9 Å². The van der Waals surface area contributed by atoms with Crippen LogP contribution in [-0.4, -0.2) is 41.8 Å². The van der Waals surface area contributed by atoms with Crippen molar-refractivity contribution in [2.24, 2.45) is 0 Å². The molecule has 110 valence electrons. The third-order valence-corrected chi connectivity index (χ3v) is 2.85. The predicted octanol–water partition coefficient (Wildman–Crippen LogP) is 0.580. The number of amides is 1. The van der Waals surface area contributed by atoms with E-state index in [1.165, 1.54) is 0 Å². The number of methoxy groups -OCH3 is 1. The van der Waals surface area contributed by atoms with E-state index in [1.54, 1.807) is 19.2 Å². The first kappa shape index (κ1) is 16.0. The highest BCUT2D eigenvalue weighted by Gasteiger charge is 2.18. The number of benzene rings is 1. The Morgan fingerprint density at radius 1 is 1.30 bits per heavy atom. The maximum absolute atomic E-state index is 11.6. The molecule has 0 aliphatic rings. The van der Waals surface area contributed by atoms with E-state index in [0.717, 1.165) is 11.3 Å². The third-order valence-electron chi connectivity index (χ3n) is 2.85. The standard InChI is InChI=1S/C14H19NO5/c1-20-11-5-2-10(3-6-11)4-7-13(17)15-12(8-9-16)14(18)19/h2-3,5-6,12,16H,4,7-9H2,1H3,(H,15,17)(H,18,19)/t12-/m0/s1. The molecule has 0 aromatic heterocycles. The Morgan fingerprint density at radius 3 is 2.45 bits per heavy atom. The summed E-state index contributed by atoms with van der Waals surface area (Å²) in [4.78, 5) is 22.5. The summed E-state index contributed by atoms with van der Waals surface area (Å²) in [7, 11) is 1.58. The van der Waals surface area contributed by atoms with Crippen LogP contribution in [0.2, 0.25) is 0 Å². The van der Waals surface area contributed by atoms with Gasteiger partial charge in [-0.05, 0) is 24.1 Å². The predicted molar refractivity (Wildman–Crippen MR) is 72.6 cm³/mol. The fourth-order valence-corrected chi connectivity index (χ4v) is 1.70. The second-order valence-corrected chi connectivity index (χ2v) is 4.32. The van der Waals surface area contributed by atoms with Crippen LogP contribution < -0.4 is 10.1 Å². The summed E-state index contributed by atoms with van der Waals surface area (Å²) >= 11 is 0. The highest BCUT2D eigenvalue weighted by molar-refractivity contribution is 5.83. The Bertz CT molecular complexity index is 443. The quantitative estimate of drug-likeness (QED) is 0.648. The molecule has 0 heterocycles. The number of carboxylic acids is 1. The highest BCUT2D eigenvalue weighted by atomic mass is 16.5. The van der Waals surface area contributed by atoms with Gasteiger partial charge in [0, 0.05) is 19.4 Å². The summed E-state index contributed by atoms with van der Waals surface area (Å²) in [5.74, 6) is -0.745. The van der Waals surface area contributed by atoms with Crippen LogP contribution in [0.4, 0.5) is 0 Å². The van der Waals surface area contributed by atoms with E-state index in [-0.39, 0.29) is 25.4 Å². The molecule has 6 nitrogen and oxygen atoms in total. The Hall–Kier alpha value is -2.08. The Labute approximate surface area is 117 Å². The van der Waals surface area contributed by atoms with E-state index < -0.39 is 12.0 Å². The van der Waals surface area contributed by atoms with Gasteiger partial charge in [-0.3, -0.25) is 4.79 Å². The zero-order chi connectivity index (χ0) is 15.0. The largest absolute Gasteiger partial charge is 0.497 e. The van der Waals surface area contributed by atoms with Crippen molar-refractivity contribution in [2.75, 3.05) is 13.7 Å². The second-order valence-electron chi connectivity index (χ2n) is 4.32. The van der Waals surface area contributed by atoms with E-state index in [9.17, 15) is 9.59 Å². The first-order valence-corrected chi connectivity index (χ1v) is 6.32. The molecule has 0 unspecified atom stereocenters. The molecule has 1 amide bonds. The van der Waals surface area contributed by atoms with Gasteiger partial charge in [0.25, 0.3) is 0 Å². The number of aliphatic hydroxyl groups is 1. The molecule has 1 rings (SSSR count). The Kier molecular flexibility index (Phi) is 6.52. The van der Waals surface area contributed by atoms with E-state index in [1.807, 2.05) is 12.1 Å². The molecular weight excluding hydrogens is 262 g/mol. The summed E-state index contributed by atoms with van der Waals surface area (Å²) in [5.41, 5.74) is 0.968. The molecule has 0 spiro atoms. The topological polar surface area (TPSA) is 95.9 Å². The SMILES string of the molecule is COc1ccc(CCC(=O)N[C@@H](CCO)C(=O)O)cc1. The first-order valence-electron chi connectivity index (χ1n) is 6.32. The zero-order valence-electron chi connectivity index (χ0n) is 11.3. The number of carboxylic acid groups (broad SMARTS) is 1. The highest BCUT2D eigenvalue weighted by Crippen LogP contribution is 2.12. The number of carbonyl (C=O) groups is 2. The van der Waals surface area contributed by atoms with E-state index in [2.05, 4.69) is 5.32 Å². The Balaban J connectivity index is 2.43. The van der Waals surface area contributed by atoms with Crippen molar-refractivity contribution in [1.29, 1.82) is 0 Å². The molecule has 6 heteroatoms. The van der Waals surface area contributed by atoms with Crippen LogP contribution in [0.3, 0.4) is 0 Å². The summed E-state index contributed by atoms with van der Waals surface area (Å²) in [6, 6.07) is 6.28. The van der Waals surface area contributed by atoms with Gasteiger partial charge in [-0.15, -0.1) is 0 Å². The molecule has 0 bridgehead atoms. The number of aryl methyl sites for hydroxylation is 1. The van der Waals surface area contributed by atoms with Crippen LogP contribution in [0, 0.1) is 0 Å². The third kappa shape index (κ3) is 5.27. The lowest BCUT2D eigenvalue weighted by atomic mass is 10.1. The molecule has 0 saturated carbocycles. The number of nitrogens with one attached hydrogen (secondary N) is 1. The average molecular weight is 281 g/mol. The molecule has 0 aliphatic carbocycles. The summed E-state index contributed by atoms with van der Waals surface area (Å²) in [6.45, 7) is -0.282. The maximum atomic E-state index is 11.6. The van der Waals surface area contributed by atoms with E-state index >= 15 is 0 Å². The van der Waals surface area contributed by atoms with Crippen molar-refractivity contribution >= 4 is 11.9 Å². The summed E-state index contributed by atoms with van der Waals surface area (Å²) in [5, 5.41) is 20.0.